The van der Waals surface area contributed by atoms with Gasteiger partial charge in [0.2, 0.25) is 5.91 Å². The van der Waals surface area contributed by atoms with Crippen LogP contribution in [0.2, 0.25) is 0 Å². The Labute approximate surface area is 166 Å². The molecule has 0 saturated heterocycles. The molecule has 1 aromatic heterocycles. The Balaban J connectivity index is 2.64. The number of hydrogen-bond donors (Lipinski definition) is 2. The number of rotatable bonds is 6. The second-order valence-electron chi connectivity index (χ2n) is 6.71. The van der Waals surface area contributed by atoms with Crippen molar-refractivity contribution in [2.24, 2.45) is 5.92 Å². The zero-order valence-electron chi connectivity index (χ0n) is 16.4. The van der Waals surface area contributed by atoms with Gasteiger partial charge in [0.25, 0.3) is 5.56 Å². The number of allylic oxidation sites excluding steroid dienone is 6. The van der Waals surface area contributed by atoms with E-state index in [1.165, 1.54) is 16.8 Å². The monoisotopic (exact) mass is 379 g/mol. The van der Waals surface area contributed by atoms with Crippen molar-refractivity contribution in [2.45, 2.75) is 46.1 Å². The lowest BCUT2D eigenvalue weighted by atomic mass is 9.91. The third-order valence-corrected chi connectivity index (χ3v) is 4.58. The summed E-state index contributed by atoms with van der Waals surface area (Å²) in [5.74, 6) is -0.536. The highest BCUT2D eigenvalue weighted by Crippen LogP contribution is 2.24. The van der Waals surface area contributed by atoms with Gasteiger partial charge in [0.15, 0.2) is 0 Å². The minimum absolute atomic E-state index is 0.0286. The van der Waals surface area contributed by atoms with E-state index in [1.807, 2.05) is 30.4 Å². The van der Waals surface area contributed by atoms with E-state index in [4.69, 9.17) is 7.85 Å². The molecule has 0 bridgehead atoms. The van der Waals surface area contributed by atoms with Gasteiger partial charge in [-0.1, -0.05) is 50.1 Å². The summed E-state index contributed by atoms with van der Waals surface area (Å²) in [5, 5.41) is 15.6. The van der Waals surface area contributed by atoms with Crippen LogP contribution in [0.4, 0.5) is 0 Å². The van der Waals surface area contributed by atoms with E-state index in [0.717, 1.165) is 24.8 Å². The van der Waals surface area contributed by atoms with Gasteiger partial charge in [0.1, 0.15) is 7.85 Å². The Kier molecular flexibility index (Phi) is 8.20. The lowest BCUT2D eigenvalue weighted by Crippen LogP contribution is -2.25. The first-order chi connectivity index (χ1) is 13.5. The van der Waals surface area contributed by atoms with Gasteiger partial charge in [-0.05, 0) is 31.4 Å². The first-order valence-corrected chi connectivity index (χ1v) is 9.47. The van der Waals surface area contributed by atoms with Crippen LogP contribution in [0.1, 0.15) is 48.7 Å². The maximum atomic E-state index is 13.5. The van der Waals surface area contributed by atoms with Crippen LogP contribution in [-0.4, -0.2) is 33.6 Å². The molecule has 1 atom stereocenters. The maximum absolute atomic E-state index is 13.5. The summed E-state index contributed by atoms with van der Waals surface area (Å²) in [7, 11) is 5.80. The van der Waals surface area contributed by atoms with E-state index in [-0.39, 0.29) is 23.0 Å². The third kappa shape index (κ3) is 5.66. The molecule has 1 unspecified atom stereocenters. The summed E-state index contributed by atoms with van der Waals surface area (Å²) >= 11 is 0. The van der Waals surface area contributed by atoms with Crippen molar-refractivity contribution in [2.75, 3.05) is 0 Å². The SMILES string of the molecule is [B]c1cc(C)n(C(=O)C(CCCC)C2=CCC=CC=C2)cc(CO)c(=O)[nH]n1. The predicted octanol–water partition coefficient (Wildman–Crippen LogP) is 2.18. The molecule has 0 amide bonds. The molecule has 2 rings (SSSR count). The van der Waals surface area contributed by atoms with Crippen LogP contribution >= 0.6 is 0 Å². The fourth-order valence-corrected chi connectivity index (χ4v) is 3.03. The van der Waals surface area contributed by atoms with E-state index in [9.17, 15) is 14.7 Å². The highest BCUT2D eigenvalue weighted by molar-refractivity contribution is 6.30. The number of aliphatic hydroxyl groups excluding tert-OH is 1. The number of hydrogen-bond acceptors (Lipinski definition) is 4. The number of aliphatic hydroxyl groups is 1. The smallest absolute Gasteiger partial charge is 0.271 e. The van der Waals surface area contributed by atoms with Gasteiger partial charge < -0.3 is 5.11 Å². The topological polar surface area (TPSA) is 88.0 Å². The van der Waals surface area contributed by atoms with Crippen molar-refractivity contribution in [3.8, 4) is 0 Å². The van der Waals surface area contributed by atoms with Crippen LogP contribution < -0.4 is 11.2 Å². The number of nitrogens with one attached hydrogen (secondary N) is 1. The largest absolute Gasteiger partial charge is 0.391 e. The Morgan fingerprint density at radius 2 is 2.21 bits per heavy atom. The van der Waals surface area contributed by atoms with Crippen LogP contribution in [0.3, 0.4) is 0 Å². The number of H-pyrrole nitrogens is 1. The zero-order valence-corrected chi connectivity index (χ0v) is 16.4. The zero-order chi connectivity index (χ0) is 20.5. The van der Waals surface area contributed by atoms with Gasteiger partial charge in [-0.2, -0.15) is 5.10 Å². The highest BCUT2D eigenvalue weighted by atomic mass is 16.3. The molecule has 0 aromatic carbocycles. The predicted molar refractivity (Wildman–Crippen MR) is 111 cm³/mol. The molecule has 1 aliphatic carbocycles. The molecule has 1 heterocycles. The molecule has 1 aliphatic rings. The van der Waals surface area contributed by atoms with Crippen molar-refractivity contribution < 1.29 is 9.90 Å². The van der Waals surface area contributed by atoms with Crippen LogP contribution in [0, 0.1) is 12.8 Å². The van der Waals surface area contributed by atoms with Crippen LogP contribution in [-0.2, 0) is 6.61 Å². The standard InChI is InChI=1S/C21H26BN3O3/c1-3-4-11-18(16-9-7-5-6-8-10-16)21(28)25-13-17(14-26)20(27)24-23-19(22)12-15(25)2/h5-7,9-10,12-13,18,26H,3-4,8,11,14H2,1-2H3,(H,24,27). The molecule has 0 spiro atoms. The summed E-state index contributed by atoms with van der Waals surface area (Å²) in [5.41, 5.74) is 0.960. The molecule has 2 radical (unpaired) electrons. The lowest BCUT2D eigenvalue weighted by Gasteiger charge is -2.19. The molecule has 2 N–H and O–H groups in total. The van der Waals surface area contributed by atoms with Crippen molar-refractivity contribution in [1.29, 1.82) is 0 Å². The first kappa shape index (κ1) is 21.6. The quantitative estimate of drug-likeness (QED) is 0.742. The van der Waals surface area contributed by atoms with Gasteiger partial charge in [-0.3, -0.25) is 14.2 Å². The van der Waals surface area contributed by atoms with E-state index < -0.39 is 12.2 Å². The normalized spacial score (nSPS) is 14.2. The van der Waals surface area contributed by atoms with E-state index in [1.54, 1.807) is 6.92 Å². The van der Waals surface area contributed by atoms with Gasteiger partial charge >= 0.3 is 0 Å². The Morgan fingerprint density at radius 1 is 1.43 bits per heavy atom. The van der Waals surface area contributed by atoms with Gasteiger partial charge in [-0.25, -0.2) is 5.10 Å². The molecule has 1 aromatic rings. The van der Waals surface area contributed by atoms with Crippen LogP contribution in [0.25, 0.3) is 0 Å². The molecule has 146 valence electrons. The average molecular weight is 379 g/mol. The average Bonchev–Trinajstić information content (AvgIpc) is 2.94. The summed E-state index contributed by atoms with van der Waals surface area (Å²) in [4.78, 5) is 25.7. The molecule has 7 heteroatoms. The number of aromatic amines is 1. The summed E-state index contributed by atoms with van der Waals surface area (Å²) in [6.07, 6.45) is 14.6. The number of unbranched alkanes of at least 4 members (excludes halogenated alkanes) is 1. The summed E-state index contributed by atoms with van der Waals surface area (Å²) in [6, 6.07) is 1.52. The second-order valence-corrected chi connectivity index (χ2v) is 6.71. The van der Waals surface area contributed by atoms with Crippen LogP contribution in [0.5, 0.6) is 0 Å². The van der Waals surface area contributed by atoms with Gasteiger partial charge in [0.05, 0.1) is 18.1 Å². The number of carbonyl (C=O) groups is 1. The highest BCUT2D eigenvalue weighted by Gasteiger charge is 2.23. The Hall–Kier alpha value is -2.67. The lowest BCUT2D eigenvalue weighted by molar-refractivity contribution is 0.0846. The fourth-order valence-electron chi connectivity index (χ4n) is 3.03. The number of aryl methyl sites for hydroxylation is 1. The van der Waals surface area contributed by atoms with Crippen molar-refractivity contribution >= 4 is 19.3 Å². The van der Waals surface area contributed by atoms with Gasteiger partial charge in [0, 0.05) is 17.5 Å². The van der Waals surface area contributed by atoms with Crippen molar-refractivity contribution in [3.05, 3.63) is 69.8 Å². The molecule has 0 fully saturated rings. The van der Waals surface area contributed by atoms with Crippen molar-refractivity contribution in [3.63, 3.8) is 0 Å². The maximum Gasteiger partial charge on any atom is 0.271 e. The van der Waals surface area contributed by atoms with Gasteiger partial charge in [-0.15, -0.1) is 0 Å². The molecular weight excluding hydrogens is 353 g/mol. The molecule has 0 aliphatic heterocycles. The number of aromatic nitrogens is 3. The van der Waals surface area contributed by atoms with E-state index >= 15 is 0 Å². The molecule has 28 heavy (non-hydrogen) atoms. The van der Waals surface area contributed by atoms with Crippen LogP contribution in [0.15, 0.2) is 53.0 Å². The second kappa shape index (κ2) is 10.6. The molecule has 6 nitrogen and oxygen atoms in total. The van der Waals surface area contributed by atoms with Crippen molar-refractivity contribution in [1.82, 2.24) is 14.8 Å². The first-order valence-electron chi connectivity index (χ1n) is 9.47. The summed E-state index contributed by atoms with van der Waals surface area (Å²) < 4.78 is 1.39. The minimum Gasteiger partial charge on any atom is -0.391 e. The number of nitrogens with zero attached hydrogens (tertiary/aromatic N) is 2. The number of carbonyl (C=O) groups excluding carboxylic acids is 1. The third-order valence-electron chi connectivity index (χ3n) is 4.58. The Bertz CT molecular complexity index is 908. The van der Waals surface area contributed by atoms with E-state index in [0.29, 0.717) is 12.1 Å². The minimum atomic E-state index is -0.603. The summed E-state index contributed by atoms with van der Waals surface area (Å²) in [6.45, 7) is 3.28. The molecular formula is C21H26BN3O3. The molecule has 0 saturated carbocycles. The Morgan fingerprint density at radius 3 is 2.93 bits per heavy atom. The van der Waals surface area contributed by atoms with E-state index in [2.05, 4.69) is 17.1 Å². The fraction of sp³-hybridized carbons (Fsp3) is 0.381.